The molecular formula is C38H24N2S. The SMILES string of the molecule is c1ccc(-c2nc(-c3cccc(-c4cccc(-c5ccc6ccccc6c5)c4)c3)nc3sc4ccccc4c23)cc1. The van der Waals surface area contributed by atoms with Crippen molar-refractivity contribution in [2.24, 2.45) is 0 Å². The van der Waals surface area contributed by atoms with E-state index in [-0.39, 0.29) is 0 Å². The van der Waals surface area contributed by atoms with Gasteiger partial charge in [0.05, 0.1) is 5.69 Å². The second kappa shape index (κ2) is 9.81. The van der Waals surface area contributed by atoms with Gasteiger partial charge in [0.1, 0.15) is 4.83 Å². The molecule has 0 aliphatic heterocycles. The molecule has 0 saturated heterocycles. The monoisotopic (exact) mass is 540 g/mol. The first kappa shape index (κ1) is 23.7. The van der Waals surface area contributed by atoms with Crippen LogP contribution in [0.1, 0.15) is 0 Å². The van der Waals surface area contributed by atoms with Crippen molar-refractivity contribution in [1.29, 1.82) is 0 Å². The quantitative estimate of drug-likeness (QED) is 0.222. The third-order valence-electron chi connectivity index (χ3n) is 7.69. The van der Waals surface area contributed by atoms with Crippen molar-refractivity contribution in [3.8, 4) is 44.9 Å². The summed E-state index contributed by atoms with van der Waals surface area (Å²) in [6, 6.07) is 51.5. The van der Waals surface area contributed by atoms with E-state index in [9.17, 15) is 0 Å². The number of hydrogen-bond donors (Lipinski definition) is 0. The minimum Gasteiger partial charge on any atom is -0.227 e. The molecule has 0 aliphatic carbocycles. The summed E-state index contributed by atoms with van der Waals surface area (Å²) in [5, 5.41) is 4.84. The van der Waals surface area contributed by atoms with E-state index in [1.807, 2.05) is 6.07 Å². The van der Waals surface area contributed by atoms with Gasteiger partial charge in [-0.25, -0.2) is 9.97 Å². The van der Waals surface area contributed by atoms with E-state index >= 15 is 0 Å². The Labute approximate surface area is 242 Å². The number of aromatic nitrogens is 2. The van der Waals surface area contributed by atoms with Gasteiger partial charge in [-0.05, 0) is 57.3 Å². The van der Waals surface area contributed by atoms with Gasteiger partial charge in [0.15, 0.2) is 5.82 Å². The van der Waals surface area contributed by atoms with Gasteiger partial charge in [-0.3, -0.25) is 0 Å². The van der Waals surface area contributed by atoms with E-state index < -0.39 is 0 Å². The lowest BCUT2D eigenvalue weighted by Crippen LogP contribution is -1.94. The van der Waals surface area contributed by atoms with Gasteiger partial charge in [-0.2, -0.15) is 0 Å². The summed E-state index contributed by atoms with van der Waals surface area (Å²) in [7, 11) is 0. The maximum atomic E-state index is 5.19. The normalized spacial score (nSPS) is 11.4. The molecule has 2 aromatic heterocycles. The van der Waals surface area contributed by atoms with Gasteiger partial charge in [-0.15, -0.1) is 11.3 Å². The molecule has 3 heteroatoms. The van der Waals surface area contributed by atoms with Crippen LogP contribution in [0.15, 0.2) is 146 Å². The van der Waals surface area contributed by atoms with Crippen molar-refractivity contribution in [3.05, 3.63) is 146 Å². The highest BCUT2D eigenvalue weighted by atomic mass is 32.1. The zero-order valence-corrected chi connectivity index (χ0v) is 23.0. The molecule has 0 amide bonds. The van der Waals surface area contributed by atoms with Crippen LogP contribution in [0.25, 0.3) is 76.0 Å². The molecule has 0 bridgehead atoms. The van der Waals surface area contributed by atoms with Gasteiger partial charge in [-0.1, -0.05) is 121 Å². The van der Waals surface area contributed by atoms with Crippen LogP contribution in [-0.2, 0) is 0 Å². The van der Waals surface area contributed by atoms with E-state index in [0.29, 0.717) is 0 Å². The Bertz CT molecular complexity index is 2210. The topological polar surface area (TPSA) is 25.8 Å². The van der Waals surface area contributed by atoms with Crippen molar-refractivity contribution in [2.75, 3.05) is 0 Å². The standard InChI is InChI=1S/C38H24N2S/c1-2-11-26(12-3-1)36-35-33-18-6-7-19-34(33)41-38(35)40-37(39-36)32-17-9-16-30(24-32)28-14-8-15-29(23-28)31-21-20-25-10-4-5-13-27(25)22-31/h1-24H. The molecule has 0 unspecified atom stereocenters. The lowest BCUT2D eigenvalue weighted by atomic mass is 9.96. The van der Waals surface area contributed by atoms with Crippen LogP contribution in [0.3, 0.4) is 0 Å². The van der Waals surface area contributed by atoms with E-state index in [4.69, 9.17) is 9.97 Å². The van der Waals surface area contributed by atoms with E-state index in [1.54, 1.807) is 11.3 Å². The molecule has 0 spiro atoms. The molecule has 8 rings (SSSR count). The summed E-state index contributed by atoms with van der Waals surface area (Å²) in [6.45, 7) is 0. The first-order valence-corrected chi connectivity index (χ1v) is 14.6. The summed E-state index contributed by atoms with van der Waals surface area (Å²) in [5.41, 5.74) is 7.82. The molecule has 2 heterocycles. The number of nitrogens with zero attached hydrogens (tertiary/aromatic N) is 2. The number of hydrogen-bond acceptors (Lipinski definition) is 3. The number of thiophene rings is 1. The van der Waals surface area contributed by atoms with Crippen LogP contribution >= 0.6 is 11.3 Å². The Morgan fingerprint density at radius 2 is 1.02 bits per heavy atom. The van der Waals surface area contributed by atoms with Crippen LogP contribution in [0.2, 0.25) is 0 Å². The van der Waals surface area contributed by atoms with Crippen LogP contribution in [0.4, 0.5) is 0 Å². The van der Waals surface area contributed by atoms with Gasteiger partial charge in [0.2, 0.25) is 0 Å². The Morgan fingerprint density at radius 3 is 1.83 bits per heavy atom. The van der Waals surface area contributed by atoms with Crippen LogP contribution < -0.4 is 0 Å². The van der Waals surface area contributed by atoms with Crippen LogP contribution in [-0.4, -0.2) is 9.97 Å². The molecule has 0 aliphatic rings. The third-order valence-corrected chi connectivity index (χ3v) is 8.75. The summed E-state index contributed by atoms with van der Waals surface area (Å²) < 4.78 is 1.23. The minimum atomic E-state index is 0.746. The average molecular weight is 541 g/mol. The van der Waals surface area contributed by atoms with E-state index in [2.05, 4.69) is 140 Å². The molecule has 2 nitrogen and oxygen atoms in total. The predicted molar refractivity (Wildman–Crippen MR) is 174 cm³/mol. The molecule has 8 aromatic rings. The summed E-state index contributed by atoms with van der Waals surface area (Å²) >= 11 is 1.73. The highest BCUT2D eigenvalue weighted by Gasteiger charge is 2.17. The third kappa shape index (κ3) is 4.28. The molecule has 0 atom stereocenters. The fourth-order valence-electron chi connectivity index (χ4n) is 5.64. The van der Waals surface area contributed by atoms with Crippen molar-refractivity contribution in [2.45, 2.75) is 0 Å². The van der Waals surface area contributed by atoms with Crippen LogP contribution in [0, 0.1) is 0 Å². The molecule has 0 radical (unpaired) electrons. The highest BCUT2D eigenvalue weighted by molar-refractivity contribution is 7.25. The number of benzene rings is 6. The second-order valence-corrected chi connectivity index (χ2v) is 11.3. The fraction of sp³-hybridized carbons (Fsp3) is 0. The molecule has 41 heavy (non-hydrogen) atoms. The second-order valence-electron chi connectivity index (χ2n) is 10.3. The zero-order valence-electron chi connectivity index (χ0n) is 22.2. The predicted octanol–water partition coefficient (Wildman–Crippen LogP) is 10.7. The first-order chi connectivity index (χ1) is 20.3. The van der Waals surface area contributed by atoms with Crippen molar-refractivity contribution in [1.82, 2.24) is 9.97 Å². The largest absolute Gasteiger partial charge is 0.227 e. The molecule has 6 aromatic carbocycles. The maximum Gasteiger partial charge on any atom is 0.161 e. The maximum absolute atomic E-state index is 5.19. The minimum absolute atomic E-state index is 0.746. The van der Waals surface area contributed by atoms with Crippen molar-refractivity contribution in [3.63, 3.8) is 0 Å². The first-order valence-electron chi connectivity index (χ1n) is 13.7. The van der Waals surface area contributed by atoms with Gasteiger partial charge >= 0.3 is 0 Å². The van der Waals surface area contributed by atoms with Gasteiger partial charge in [0, 0.05) is 26.6 Å². The Balaban J connectivity index is 1.25. The molecule has 192 valence electrons. The summed E-state index contributed by atoms with van der Waals surface area (Å²) in [4.78, 5) is 11.3. The van der Waals surface area contributed by atoms with Gasteiger partial charge in [0.25, 0.3) is 0 Å². The van der Waals surface area contributed by atoms with Gasteiger partial charge < -0.3 is 0 Å². The molecule has 0 saturated carbocycles. The molecule has 0 fully saturated rings. The molecular weight excluding hydrogens is 516 g/mol. The van der Waals surface area contributed by atoms with Crippen LogP contribution in [0.5, 0.6) is 0 Å². The van der Waals surface area contributed by atoms with Crippen molar-refractivity contribution >= 4 is 42.4 Å². The lowest BCUT2D eigenvalue weighted by Gasteiger charge is -2.10. The Kier molecular flexibility index (Phi) is 5.68. The lowest BCUT2D eigenvalue weighted by molar-refractivity contribution is 1.24. The van der Waals surface area contributed by atoms with E-state index in [1.165, 1.54) is 37.5 Å². The molecule has 0 N–H and O–H groups in total. The van der Waals surface area contributed by atoms with Crippen molar-refractivity contribution < 1.29 is 0 Å². The fourth-order valence-corrected chi connectivity index (χ4v) is 6.72. The number of rotatable bonds is 4. The summed E-state index contributed by atoms with van der Waals surface area (Å²) in [5.74, 6) is 0.746. The Morgan fingerprint density at radius 1 is 0.415 bits per heavy atom. The zero-order chi connectivity index (χ0) is 27.2. The Hall–Kier alpha value is -5.12. The summed E-state index contributed by atoms with van der Waals surface area (Å²) in [6.07, 6.45) is 0. The smallest absolute Gasteiger partial charge is 0.161 e. The average Bonchev–Trinajstić information content (AvgIpc) is 3.43. The van der Waals surface area contributed by atoms with E-state index in [0.717, 1.165) is 38.4 Å². The highest BCUT2D eigenvalue weighted by Crippen LogP contribution is 2.39. The number of fused-ring (bicyclic) bond motifs is 4.